The molecule has 0 fully saturated rings. The number of amides is 1. The average Bonchev–Trinajstić information content (AvgIpc) is 2.77. The summed E-state index contributed by atoms with van der Waals surface area (Å²) in [6.07, 6.45) is 3.43. The van der Waals surface area contributed by atoms with Gasteiger partial charge in [0.2, 0.25) is 0 Å². The third kappa shape index (κ3) is 2.55. The fraction of sp³-hybridized carbons (Fsp3) is 0.154. The van der Waals surface area contributed by atoms with Crippen molar-refractivity contribution in [2.45, 2.75) is 6.54 Å². The first-order valence-corrected chi connectivity index (χ1v) is 6.58. The van der Waals surface area contributed by atoms with Crippen LogP contribution >= 0.6 is 11.3 Å². The van der Waals surface area contributed by atoms with Crippen LogP contribution in [0.25, 0.3) is 0 Å². The summed E-state index contributed by atoms with van der Waals surface area (Å²) in [5, 5.41) is 9.60. The van der Waals surface area contributed by atoms with Crippen LogP contribution in [0.5, 0.6) is 0 Å². The molecule has 0 bridgehead atoms. The minimum atomic E-state index is -0.631. The molecule has 7 heteroatoms. The van der Waals surface area contributed by atoms with Gasteiger partial charge >= 0.3 is 0 Å². The van der Waals surface area contributed by atoms with E-state index in [9.17, 15) is 4.79 Å². The van der Waals surface area contributed by atoms with Gasteiger partial charge in [0.25, 0.3) is 5.91 Å². The van der Waals surface area contributed by atoms with Gasteiger partial charge in [-0.15, -0.1) is 11.3 Å². The number of nitriles is 1. The van der Waals surface area contributed by atoms with Crippen molar-refractivity contribution in [3.05, 3.63) is 40.5 Å². The molecule has 20 heavy (non-hydrogen) atoms. The molecule has 1 amide bonds. The summed E-state index contributed by atoms with van der Waals surface area (Å²) in [6.45, 7) is 0.541. The number of hydrogen-bond acceptors (Lipinski definition) is 6. The molecule has 2 heterocycles. The first-order valence-electron chi connectivity index (χ1n) is 5.76. The van der Waals surface area contributed by atoms with E-state index in [2.05, 4.69) is 4.98 Å². The molecule has 0 aromatic carbocycles. The molecule has 0 unspecified atom stereocenters. The van der Waals surface area contributed by atoms with E-state index in [4.69, 9.17) is 16.7 Å². The summed E-state index contributed by atoms with van der Waals surface area (Å²) >= 11 is 1.16. The van der Waals surface area contributed by atoms with Gasteiger partial charge in [0, 0.05) is 26.0 Å². The summed E-state index contributed by atoms with van der Waals surface area (Å²) in [7, 11) is 1.81. The van der Waals surface area contributed by atoms with Crippen molar-refractivity contribution in [3.8, 4) is 6.07 Å². The van der Waals surface area contributed by atoms with Crippen LogP contribution in [0.1, 0.15) is 20.8 Å². The van der Waals surface area contributed by atoms with Gasteiger partial charge in [-0.3, -0.25) is 9.78 Å². The van der Waals surface area contributed by atoms with Crippen molar-refractivity contribution in [2.24, 2.45) is 5.73 Å². The zero-order chi connectivity index (χ0) is 14.7. The quantitative estimate of drug-likeness (QED) is 0.881. The topological polar surface area (TPSA) is 109 Å². The highest BCUT2D eigenvalue weighted by atomic mass is 32.1. The van der Waals surface area contributed by atoms with E-state index < -0.39 is 5.91 Å². The van der Waals surface area contributed by atoms with E-state index in [0.29, 0.717) is 16.4 Å². The Morgan fingerprint density at radius 3 is 2.90 bits per heavy atom. The molecule has 102 valence electrons. The zero-order valence-corrected chi connectivity index (χ0v) is 11.6. The number of nitrogens with zero attached hydrogens (tertiary/aromatic N) is 3. The second-order valence-corrected chi connectivity index (χ2v) is 5.22. The summed E-state index contributed by atoms with van der Waals surface area (Å²) in [4.78, 5) is 17.7. The summed E-state index contributed by atoms with van der Waals surface area (Å²) in [5.41, 5.74) is 12.5. The van der Waals surface area contributed by atoms with Crippen LogP contribution in [-0.4, -0.2) is 17.9 Å². The van der Waals surface area contributed by atoms with E-state index in [1.807, 2.05) is 30.1 Å². The SMILES string of the molecule is CN(Cc1cccnc1)c1sc(C#N)c(N)c1C(N)=O. The van der Waals surface area contributed by atoms with E-state index in [0.717, 1.165) is 16.9 Å². The molecular weight excluding hydrogens is 274 g/mol. The maximum atomic E-state index is 11.5. The lowest BCUT2D eigenvalue weighted by Gasteiger charge is -2.18. The van der Waals surface area contributed by atoms with Crippen molar-refractivity contribution in [2.75, 3.05) is 17.7 Å². The van der Waals surface area contributed by atoms with Gasteiger partial charge in [-0.1, -0.05) is 6.07 Å². The molecule has 0 aliphatic rings. The lowest BCUT2D eigenvalue weighted by atomic mass is 10.2. The van der Waals surface area contributed by atoms with Crippen molar-refractivity contribution in [1.29, 1.82) is 5.26 Å². The molecule has 2 rings (SSSR count). The first kappa shape index (κ1) is 13.8. The molecule has 0 aliphatic heterocycles. The predicted molar refractivity (Wildman–Crippen MR) is 78.3 cm³/mol. The maximum Gasteiger partial charge on any atom is 0.253 e. The van der Waals surface area contributed by atoms with Gasteiger partial charge in [-0.25, -0.2) is 0 Å². The van der Waals surface area contributed by atoms with Crippen molar-refractivity contribution in [1.82, 2.24) is 4.98 Å². The fourth-order valence-electron chi connectivity index (χ4n) is 1.86. The predicted octanol–water partition coefficient (Wildman–Crippen LogP) is 1.33. The molecule has 0 atom stereocenters. The van der Waals surface area contributed by atoms with Gasteiger partial charge in [0.05, 0.1) is 11.3 Å². The Hall–Kier alpha value is -2.59. The van der Waals surface area contributed by atoms with Crippen LogP contribution in [0.3, 0.4) is 0 Å². The second-order valence-electron chi connectivity index (χ2n) is 4.22. The number of pyridine rings is 1. The molecule has 6 nitrogen and oxygen atoms in total. The Balaban J connectivity index is 2.37. The molecule has 0 saturated heterocycles. The number of nitrogen functional groups attached to an aromatic ring is 1. The highest BCUT2D eigenvalue weighted by Crippen LogP contribution is 2.37. The highest BCUT2D eigenvalue weighted by Gasteiger charge is 2.22. The summed E-state index contributed by atoms with van der Waals surface area (Å²) in [5.74, 6) is -0.631. The number of rotatable bonds is 4. The van der Waals surface area contributed by atoms with Crippen LogP contribution in [-0.2, 0) is 6.54 Å². The Bertz CT molecular complexity index is 674. The van der Waals surface area contributed by atoms with Crippen LogP contribution in [0.4, 0.5) is 10.7 Å². The second kappa shape index (κ2) is 5.59. The van der Waals surface area contributed by atoms with E-state index in [1.165, 1.54) is 0 Å². The lowest BCUT2D eigenvalue weighted by molar-refractivity contribution is 0.100. The third-order valence-corrected chi connectivity index (χ3v) is 3.99. The lowest BCUT2D eigenvalue weighted by Crippen LogP contribution is -2.21. The van der Waals surface area contributed by atoms with Gasteiger partial charge in [-0.2, -0.15) is 5.26 Å². The van der Waals surface area contributed by atoms with Crippen LogP contribution in [0.15, 0.2) is 24.5 Å². The van der Waals surface area contributed by atoms with E-state index in [-0.39, 0.29) is 11.3 Å². The van der Waals surface area contributed by atoms with Crippen molar-refractivity contribution in [3.63, 3.8) is 0 Å². The van der Waals surface area contributed by atoms with E-state index >= 15 is 0 Å². The number of carbonyl (C=O) groups is 1. The minimum Gasteiger partial charge on any atom is -0.396 e. The molecule has 4 N–H and O–H groups in total. The Kier molecular flexibility index (Phi) is 3.86. The average molecular weight is 287 g/mol. The van der Waals surface area contributed by atoms with E-state index in [1.54, 1.807) is 12.4 Å². The fourth-order valence-corrected chi connectivity index (χ4v) is 2.84. The number of anilines is 2. The number of carbonyl (C=O) groups excluding carboxylic acids is 1. The zero-order valence-electron chi connectivity index (χ0n) is 10.8. The van der Waals surface area contributed by atoms with Crippen LogP contribution in [0, 0.1) is 11.3 Å². The number of thiophene rings is 1. The van der Waals surface area contributed by atoms with Crippen LogP contribution < -0.4 is 16.4 Å². The Labute approximate surface area is 120 Å². The third-order valence-electron chi connectivity index (χ3n) is 2.76. The van der Waals surface area contributed by atoms with Gasteiger partial charge < -0.3 is 16.4 Å². The number of aromatic nitrogens is 1. The van der Waals surface area contributed by atoms with Crippen LogP contribution in [0.2, 0.25) is 0 Å². The monoisotopic (exact) mass is 287 g/mol. The largest absolute Gasteiger partial charge is 0.396 e. The van der Waals surface area contributed by atoms with Gasteiger partial charge in [0.1, 0.15) is 15.9 Å². The molecular formula is C13H13N5OS. The summed E-state index contributed by atoms with van der Waals surface area (Å²) in [6, 6.07) is 5.74. The smallest absolute Gasteiger partial charge is 0.253 e. The number of nitrogens with two attached hydrogens (primary N) is 2. The molecule has 0 spiro atoms. The molecule has 2 aromatic heterocycles. The molecule has 0 aliphatic carbocycles. The molecule has 0 radical (unpaired) electrons. The van der Waals surface area contributed by atoms with Crippen molar-refractivity contribution < 1.29 is 4.79 Å². The highest BCUT2D eigenvalue weighted by molar-refractivity contribution is 7.17. The standard InChI is InChI=1S/C13H13N5OS/c1-18(7-8-3-2-4-17-6-8)13-10(12(16)19)11(15)9(5-14)20-13/h2-4,6H,7,15H2,1H3,(H2,16,19). The summed E-state index contributed by atoms with van der Waals surface area (Å²) < 4.78 is 0. The number of primary amides is 1. The first-order chi connectivity index (χ1) is 9.54. The normalized spacial score (nSPS) is 10.0. The maximum absolute atomic E-state index is 11.5. The Morgan fingerprint density at radius 2 is 2.35 bits per heavy atom. The Morgan fingerprint density at radius 1 is 1.60 bits per heavy atom. The van der Waals surface area contributed by atoms with Gasteiger partial charge in [-0.05, 0) is 11.6 Å². The molecule has 2 aromatic rings. The van der Waals surface area contributed by atoms with Crippen molar-refractivity contribution >= 4 is 27.9 Å². The molecule has 0 saturated carbocycles. The number of hydrogen-bond donors (Lipinski definition) is 2. The van der Waals surface area contributed by atoms with Gasteiger partial charge in [0.15, 0.2) is 0 Å². The minimum absolute atomic E-state index is 0.151.